The number of nitrogens with two attached hydrogens (primary N) is 1. The molecular formula is C18H18N2O5. The molecule has 3 rings (SSSR count). The summed E-state index contributed by atoms with van der Waals surface area (Å²) >= 11 is 0. The maximum atomic E-state index is 12.1. The summed E-state index contributed by atoms with van der Waals surface area (Å²) < 4.78 is 15.7. The van der Waals surface area contributed by atoms with E-state index >= 15 is 0 Å². The van der Waals surface area contributed by atoms with Crippen molar-refractivity contribution in [1.29, 1.82) is 0 Å². The highest BCUT2D eigenvalue weighted by Crippen LogP contribution is 2.32. The Morgan fingerprint density at radius 3 is 2.64 bits per heavy atom. The molecule has 0 radical (unpaired) electrons. The quantitative estimate of drug-likeness (QED) is 0.635. The molecule has 3 N–H and O–H groups in total. The van der Waals surface area contributed by atoms with Gasteiger partial charge in [0, 0.05) is 12.2 Å². The lowest BCUT2D eigenvalue weighted by atomic mass is 10.2. The molecule has 0 saturated heterocycles. The normalized spacial score (nSPS) is 13.2. The topological polar surface area (TPSA) is 99.9 Å². The largest absolute Gasteiger partial charge is 0.454 e. The fourth-order valence-electron chi connectivity index (χ4n) is 2.29. The zero-order valence-electron chi connectivity index (χ0n) is 13.7. The Balaban J connectivity index is 1.52. The maximum Gasteiger partial charge on any atom is 0.338 e. The number of carbonyl (C=O) groups excluding carboxylic acids is 2. The molecule has 0 fully saturated rings. The van der Waals surface area contributed by atoms with Crippen LogP contribution in [0, 0.1) is 0 Å². The number of nitrogens with one attached hydrogen (secondary N) is 1. The number of hydrogen-bond donors (Lipinski definition) is 2. The molecular weight excluding hydrogens is 324 g/mol. The van der Waals surface area contributed by atoms with Gasteiger partial charge in [0.15, 0.2) is 17.6 Å². The van der Waals surface area contributed by atoms with Gasteiger partial charge in [0.2, 0.25) is 6.79 Å². The van der Waals surface area contributed by atoms with Crippen molar-refractivity contribution < 1.29 is 23.8 Å². The Hall–Kier alpha value is -3.22. The van der Waals surface area contributed by atoms with Crippen molar-refractivity contribution in [3.63, 3.8) is 0 Å². The Kier molecular flexibility index (Phi) is 4.74. The first-order chi connectivity index (χ1) is 12.0. The van der Waals surface area contributed by atoms with Gasteiger partial charge < -0.3 is 25.3 Å². The van der Waals surface area contributed by atoms with Gasteiger partial charge in [0.05, 0.1) is 5.56 Å². The molecule has 25 heavy (non-hydrogen) atoms. The zero-order valence-corrected chi connectivity index (χ0v) is 13.7. The van der Waals surface area contributed by atoms with Crippen LogP contribution in [0.1, 0.15) is 22.8 Å². The van der Waals surface area contributed by atoms with E-state index in [-0.39, 0.29) is 12.7 Å². The van der Waals surface area contributed by atoms with Crippen LogP contribution in [0.4, 0.5) is 5.69 Å². The van der Waals surface area contributed by atoms with E-state index in [1.54, 1.807) is 36.4 Å². The summed E-state index contributed by atoms with van der Waals surface area (Å²) in [5.74, 6) is 0.364. The Morgan fingerprint density at radius 1 is 1.16 bits per heavy atom. The van der Waals surface area contributed by atoms with E-state index in [0.29, 0.717) is 29.3 Å². The summed E-state index contributed by atoms with van der Waals surface area (Å²) in [5.41, 5.74) is 7.31. The van der Waals surface area contributed by atoms with E-state index in [2.05, 4.69) is 5.32 Å². The fraction of sp³-hybridized carbons (Fsp3) is 0.222. The average Bonchev–Trinajstić information content (AvgIpc) is 3.07. The number of rotatable bonds is 5. The second kappa shape index (κ2) is 7.12. The van der Waals surface area contributed by atoms with Crippen molar-refractivity contribution in [2.75, 3.05) is 12.5 Å². The standard InChI is InChI=1S/C18H18N2O5/c1-11(25-18(22)13-3-5-14(19)6-4-13)17(21)20-9-12-2-7-15-16(8-12)24-10-23-15/h2-8,11H,9-10,19H2,1H3,(H,20,21)/t11-/m0/s1. The van der Waals surface area contributed by atoms with Gasteiger partial charge in [-0.1, -0.05) is 6.07 Å². The van der Waals surface area contributed by atoms with Crippen LogP contribution in [0.15, 0.2) is 42.5 Å². The van der Waals surface area contributed by atoms with Crippen molar-refractivity contribution in [3.05, 3.63) is 53.6 Å². The molecule has 0 bridgehead atoms. The number of fused-ring (bicyclic) bond motifs is 1. The molecule has 7 nitrogen and oxygen atoms in total. The monoisotopic (exact) mass is 342 g/mol. The number of amides is 1. The van der Waals surface area contributed by atoms with Gasteiger partial charge in [-0.25, -0.2) is 4.79 Å². The predicted octanol–water partition coefficient (Wildman–Crippen LogP) is 1.86. The SMILES string of the molecule is C[C@H](OC(=O)c1ccc(N)cc1)C(=O)NCc1ccc2c(c1)OCO2. The molecule has 1 atom stereocenters. The lowest BCUT2D eigenvalue weighted by molar-refractivity contribution is -0.129. The third-order valence-electron chi connectivity index (χ3n) is 3.70. The Labute approximate surface area is 144 Å². The molecule has 0 unspecified atom stereocenters. The molecule has 0 saturated carbocycles. The number of hydrogen-bond acceptors (Lipinski definition) is 6. The number of anilines is 1. The molecule has 1 amide bonds. The fourth-order valence-corrected chi connectivity index (χ4v) is 2.29. The van der Waals surface area contributed by atoms with Gasteiger partial charge in [-0.15, -0.1) is 0 Å². The van der Waals surface area contributed by atoms with E-state index in [9.17, 15) is 9.59 Å². The smallest absolute Gasteiger partial charge is 0.338 e. The molecule has 0 spiro atoms. The lowest BCUT2D eigenvalue weighted by Gasteiger charge is -2.14. The molecule has 1 aliphatic heterocycles. The van der Waals surface area contributed by atoms with Gasteiger partial charge in [-0.2, -0.15) is 0 Å². The van der Waals surface area contributed by atoms with E-state index in [4.69, 9.17) is 19.9 Å². The molecule has 2 aromatic rings. The molecule has 0 aromatic heterocycles. The van der Waals surface area contributed by atoms with Crippen LogP contribution < -0.4 is 20.5 Å². The predicted molar refractivity (Wildman–Crippen MR) is 90.1 cm³/mol. The molecule has 1 heterocycles. The summed E-state index contributed by atoms with van der Waals surface area (Å²) in [6.07, 6.45) is -0.918. The van der Waals surface area contributed by atoms with Gasteiger partial charge in [-0.3, -0.25) is 4.79 Å². The highest BCUT2D eigenvalue weighted by molar-refractivity contribution is 5.92. The van der Waals surface area contributed by atoms with Gasteiger partial charge in [0.25, 0.3) is 5.91 Å². The Bertz CT molecular complexity index is 789. The highest BCUT2D eigenvalue weighted by atomic mass is 16.7. The van der Waals surface area contributed by atoms with Crippen molar-refractivity contribution in [2.24, 2.45) is 0 Å². The molecule has 130 valence electrons. The molecule has 7 heteroatoms. The highest BCUT2D eigenvalue weighted by Gasteiger charge is 2.19. The summed E-state index contributed by atoms with van der Waals surface area (Å²) in [6.45, 7) is 2.01. The number of ether oxygens (including phenoxy) is 3. The first-order valence-corrected chi connectivity index (χ1v) is 7.75. The van der Waals surface area contributed by atoms with E-state index < -0.39 is 12.1 Å². The van der Waals surface area contributed by atoms with Crippen LogP contribution in [0.3, 0.4) is 0 Å². The van der Waals surface area contributed by atoms with Crippen LogP contribution in [-0.2, 0) is 16.1 Å². The summed E-state index contributed by atoms with van der Waals surface area (Å²) in [4.78, 5) is 24.1. The number of benzene rings is 2. The summed E-state index contributed by atoms with van der Waals surface area (Å²) in [7, 11) is 0. The molecule has 1 aliphatic rings. The second-order valence-corrected chi connectivity index (χ2v) is 5.57. The van der Waals surface area contributed by atoms with Crippen LogP contribution in [-0.4, -0.2) is 24.8 Å². The minimum atomic E-state index is -0.918. The number of esters is 1. The second-order valence-electron chi connectivity index (χ2n) is 5.57. The van der Waals surface area contributed by atoms with Gasteiger partial charge >= 0.3 is 5.97 Å². The Morgan fingerprint density at radius 2 is 1.88 bits per heavy atom. The molecule has 0 aliphatic carbocycles. The van der Waals surface area contributed by atoms with E-state index in [1.165, 1.54) is 6.92 Å². The first-order valence-electron chi connectivity index (χ1n) is 7.75. The van der Waals surface area contributed by atoms with Crippen LogP contribution in [0.2, 0.25) is 0 Å². The zero-order chi connectivity index (χ0) is 17.8. The average molecular weight is 342 g/mol. The molecule has 2 aromatic carbocycles. The van der Waals surface area contributed by atoms with Gasteiger partial charge in [0.1, 0.15) is 0 Å². The van der Waals surface area contributed by atoms with Crippen molar-refractivity contribution in [2.45, 2.75) is 19.6 Å². The van der Waals surface area contributed by atoms with Crippen molar-refractivity contribution in [3.8, 4) is 11.5 Å². The maximum absolute atomic E-state index is 12.1. The van der Waals surface area contributed by atoms with Crippen molar-refractivity contribution >= 4 is 17.6 Å². The van der Waals surface area contributed by atoms with Crippen LogP contribution in [0.5, 0.6) is 11.5 Å². The third-order valence-corrected chi connectivity index (χ3v) is 3.70. The van der Waals surface area contributed by atoms with Gasteiger partial charge in [-0.05, 0) is 48.9 Å². The third kappa shape index (κ3) is 4.00. The van der Waals surface area contributed by atoms with Crippen LogP contribution in [0.25, 0.3) is 0 Å². The first kappa shape index (κ1) is 16.6. The summed E-state index contributed by atoms with van der Waals surface area (Å²) in [6, 6.07) is 11.7. The number of nitrogen functional groups attached to an aromatic ring is 1. The lowest BCUT2D eigenvalue weighted by Crippen LogP contribution is -2.35. The minimum Gasteiger partial charge on any atom is -0.454 e. The minimum absolute atomic E-state index is 0.198. The summed E-state index contributed by atoms with van der Waals surface area (Å²) in [5, 5.41) is 2.72. The van der Waals surface area contributed by atoms with Crippen molar-refractivity contribution in [1.82, 2.24) is 5.32 Å². The van der Waals surface area contributed by atoms with E-state index in [1.807, 2.05) is 6.07 Å². The van der Waals surface area contributed by atoms with E-state index in [0.717, 1.165) is 5.56 Å². The number of carbonyl (C=O) groups is 2. The van der Waals surface area contributed by atoms with Crippen LogP contribution >= 0.6 is 0 Å².